The Hall–Kier alpha value is -4.05. The molecule has 0 saturated heterocycles. The van der Waals surface area contributed by atoms with E-state index in [1.165, 1.54) is 10.6 Å². The lowest BCUT2D eigenvalue weighted by Crippen LogP contribution is -2.42. The van der Waals surface area contributed by atoms with Crippen molar-refractivity contribution in [3.8, 4) is 17.6 Å². The number of rotatable bonds is 4. The molecule has 4 rings (SSSR count). The number of carbonyl (C=O) groups is 1. The van der Waals surface area contributed by atoms with Crippen molar-refractivity contribution >= 4 is 28.2 Å². The maximum atomic E-state index is 11.8. The zero-order valence-corrected chi connectivity index (χ0v) is 17.9. The maximum absolute atomic E-state index is 11.8. The van der Waals surface area contributed by atoms with Crippen molar-refractivity contribution in [2.45, 2.75) is 33.6 Å². The molecule has 1 aromatic heterocycles. The molecule has 0 bridgehead atoms. The number of hydrogen-bond acceptors (Lipinski definition) is 5. The minimum atomic E-state index is -0.557. The van der Waals surface area contributed by atoms with Crippen LogP contribution < -0.4 is 15.1 Å². The number of aryl methyl sites for hydroxylation is 2. The normalized spacial score (nSPS) is 13.9. The van der Waals surface area contributed by atoms with E-state index in [0.717, 1.165) is 33.5 Å². The molecule has 0 fully saturated rings. The van der Waals surface area contributed by atoms with Crippen LogP contribution in [0.2, 0.25) is 0 Å². The van der Waals surface area contributed by atoms with Gasteiger partial charge in [0.2, 0.25) is 5.71 Å². The second-order valence-electron chi connectivity index (χ2n) is 7.89. The van der Waals surface area contributed by atoms with Crippen molar-refractivity contribution in [1.82, 2.24) is 10.3 Å². The molecule has 0 spiro atoms. The van der Waals surface area contributed by atoms with Crippen molar-refractivity contribution in [2.75, 3.05) is 5.01 Å². The molecule has 156 valence electrons. The SMILES string of the molecule is C=C1NC(=O)C(C#N)=NN1c1cc(C)c(Oc2ccc3[nH]cc(C(C)C)c3c2)c(C)c1. The second kappa shape index (κ2) is 7.65. The van der Waals surface area contributed by atoms with E-state index in [1.807, 2.05) is 44.3 Å². The van der Waals surface area contributed by atoms with Crippen LogP contribution >= 0.6 is 0 Å². The number of carbonyl (C=O) groups excluding carboxylic acids is 1. The quantitative estimate of drug-likeness (QED) is 0.630. The number of H-pyrrole nitrogens is 1. The van der Waals surface area contributed by atoms with Gasteiger partial charge >= 0.3 is 0 Å². The van der Waals surface area contributed by atoms with Crippen LogP contribution in [0.5, 0.6) is 11.5 Å². The van der Waals surface area contributed by atoms with Gasteiger partial charge in [-0.1, -0.05) is 20.4 Å². The Balaban J connectivity index is 1.69. The van der Waals surface area contributed by atoms with Gasteiger partial charge < -0.3 is 15.0 Å². The number of aromatic nitrogens is 1. The molecule has 2 N–H and O–H groups in total. The number of amides is 1. The molecule has 0 atom stereocenters. The molecule has 0 saturated carbocycles. The van der Waals surface area contributed by atoms with Gasteiger partial charge in [-0.3, -0.25) is 4.79 Å². The third-order valence-corrected chi connectivity index (χ3v) is 5.25. The molecule has 3 aromatic rings. The zero-order chi connectivity index (χ0) is 22.3. The van der Waals surface area contributed by atoms with Crippen LogP contribution in [0.1, 0.15) is 36.5 Å². The summed E-state index contributed by atoms with van der Waals surface area (Å²) in [5, 5.41) is 18.4. The molecule has 1 aliphatic heterocycles. The number of nitriles is 1. The zero-order valence-electron chi connectivity index (χ0n) is 17.9. The Morgan fingerprint density at radius 2 is 1.90 bits per heavy atom. The fourth-order valence-corrected chi connectivity index (χ4v) is 3.73. The lowest BCUT2D eigenvalue weighted by atomic mass is 10.0. The van der Waals surface area contributed by atoms with Gasteiger partial charge in [0.05, 0.1) is 5.69 Å². The summed E-state index contributed by atoms with van der Waals surface area (Å²) in [5.41, 5.74) is 4.59. The molecule has 1 amide bonds. The Bertz CT molecular complexity index is 1270. The fourth-order valence-electron chi connectivity index (χ4n) is 3.73. The molecule has 0 unspecified atom stereocenters. The number of hydrazone groups is 1. The number of fused-ring (bicyclic) bond motifs is 1. The minimum absolute atomic E-state index is 0.219. The van der Waals surface area contributed by atoms with E-state index >= 15 is 0 Å². The number of nitrogens with one attached hydrogen (secondary N) is 2. The van der Waals surface area contributed by atoms with Crippen LogP contribution in [0, 0.1) is 25.2 Å². The summed E-state index contributed by atoms with van der Waals surface area (Å²) in [7, 11) is 0. The first-order valence-corrected chi connectivity index (χ1v) is 9.97. The first-order chi connectivity index (χ1) is 14.8. The van der Waals surface area contributed by atoms with Gasteiger partial charge in [-0.2, -0.15) is 5.26 Å². The average Bonchev–Trinajstić information content (AvgIpc) is 3.14. The Morgan fingerprint density at radius 3 is 2.55 bits per heavy atom. The van der Waals surface area contributed by atoms with E-state index in [-0.39, 0.29) is 11.5 Å². The van der Waals surface area contributed by atoms with Crippen LogP contribution in [0.3, 0.4) is 0 Å². The highest BCUT2D eigenvalue weighted by atomic mass is 16.5. The van der Waals surface area contributed by atoms with Crippen molar-refractivity contribution in [3.63, 3.8) is 0 Å². The van der Waals surface area contributed by atoms with E-state index in [9.17, 15) is 4.79 Å². The molecule has 31 heavy (non-hydrogen) atoms. The van der Waals surface area contributed by atoms with Gasteiger partial charge in [0, 0.05) is 17.1 Å². The summed E-state index contributed by atoms with van der Waals surface area (Å²) in [5.74, 6) is 1.64. The Labute approximate surface area is 180 Å². The number of ether oxygens (including phenoxy) is 1. The predicted molar refractivity (Wildman–Crippen MR) is 121 cm³/mol. The summed E-state index contributed by atoms with van der Waals surface area (Å²) in [6, 6.07) is 11.6. The third-order valence-electron chi connectivity index (χ3n) is 5.25. The highest BCUT2D eigenvalue weighted by Crippen LogP contribution is 2.36. The van der Waals surface area contributed by atoms with E-state index in [2.05, 4.69) is 41.9 Å². The summed E-state index contributed by atoms with van der Waals surface area (Å²) in [4.78, 5) is 15.1. The van der Waals surface area contributed by atoms with Crippen LogP contribution in [-0.4, -0.2) is 16.6 Å². The molecule has 7 heteroatoms. The van der Waals surface area contributed by atoms with E-state index in [4.69, 9.17) is 10.00 Å². The third kappa shape index (κ3) is 3.64. The maximum Gasteiger partial charge on any atom is 0.288 e. The summed E-state index contributed by atoms with van der Waals surface area (Å²) >= 11 is 0. The first kappa shape index (κ1) is 20.2. The standard InChI is InChI=1S/C24H23N5O2/c1-13(2)20-12-26-21-7-6-18(10-19(20)21)31-23-14(3)8-17(9-15(23)4)29-16(5)27-24(30)22(11-25)28-29/h6-10,12-13,26H,5H2,1-4H3,(H,27,30). The lowest BCUT2D eigenvalue weighted by molar-refractivity contribution is -0.114. The molecule has 7 nitrogen and oxygen atoms in total. The van der Waals surface area contributed by atoms with Crippen LogP contribution in [0.4, 0.5) is 5.69 Å². The Kier molecular flexibility index (Phi) is 4.99. The summed E-state index contributed by atoms with van der Waals surface area (Å²) in [6.07, 6.45) is 2.05. The molecule has 2 heterocycles. The predicted octanol–water partition coefficient (Wildman–Crippen LogP) is 4.99. The molecule has 0 aliphatic carbocycles. The summed E-state index contributed by atoms with van der Waals surface area (Å²) in [6.45, 7) is 12.1. The van der Waals surface area contributed by atoms with Crippen molar-refractivity contribution in [3.05, 3.63) is 65.6 Å². The summed E-state index contributed by atoms with van der Waals surface area (Å²) < 4.78 is 6.27. The lowest BCUT2D eigenvalue weighted by Gasteiger charge is -2.26. The molecule has 0 radical (unpaired) electrons. The topological polar surface area (TPSA) is 93.5 Å². The highest BCUT2D eigenvalue weighted by Gasteiger charge is 2.24. The minimum Gasteiger partial charge on any atom is -0.457 e. The number of nitrogens with zero attached hydrogens (tertiary/aromatic N) is 3. The van der Waals surface area contributed by atoms with Gasteiger partial charge in [0.25, 0.3) is 5.91 Å². The first-order valence-electron chi connectivity index (χ1n) is 9.97. The second-order valence-corrected chi connectivity index (χ2v) is 7.89. The Morgan fingerprint density at radius 1 is 1.19 bits per heavy atom. The van der Waals surface area contributed by atoms with Gasteiger partial charge in [-0.15, -0.1) is 5.10 Å². The smallest absolute Gasteiger partial charge is 0.288 e. The van der Waals surface area contributed by atoms with Crippen molar-refractivity contribution < 1.29 is 9.53 Å². The highest BCUT2D eigenvalue weighted by molar-refractivity contribution is 6.46. The number of anilines is 1. The van der Waals surface area contributed by atoms with Crippen LogP contribution in [-0.2, 0) is 4.79 Å². The van der Waals surface area contributed by atoms with Crippen LogP contribution in [0.15, 0.2) is 54.0 Å². The van der Waals surface area contributed by atoms with Crippen molar-refractivity contribution in [1.29, 1.82) is 5.26 Å². The molecular formula is C24H23N5O2. The van der Waals surface area contributed by atoms with Gasteiger partial charge in [-0.25, -0.2) is 5.01 Å². The molecule has 2 aromatic carbocycles. The number of hydrogen-bond donors (Lipinski definition) is 2. The van der Waals surface area contributed by atoms with Gasteiger partial charge in [0.15, 0.2) is 0 Å². The van der Waals surface area contributed by atoms with Crippen molar-refractivity contribution in [2.24, 2.45) is 5.10 Å². The molecular weight excluding hydrogens is 390 g/mol. The van der Waals surface area contributed by atoms with Gasteiger partial charge in [-0.05, 0) is 66.8 Å². The monoisotopic (exact) mass is 413 g/mol. The van der Waals surface area contributed by atoms with E-state index in [1.54, 1.807) is 6.07 Å². The number of benzene rings is 2. The average molecular weight is 413 g/mol. The molecule has 1 aliphatic rings. The van der Waals surface area contributed by atoms with E-state index in [0.29, 0.717) is 11.6 Å². The number of aromatic amines is 1. The van der Waals surface area contributed by atoms with Gasteiger partial charge in [0.1, 0.15) is 23.4 Å². The van der Waals surface area contributed by atoms with E-state index < -0.39 is 5.91 Å². The fraction of sp³-hybridized carbons (Fsp3) is 0.208. The van der Waals surface area contributed by atoms with Crippen LogP contribution in [0.25, 0.3) is 10.9 Å². The largest absolute Gasteiger partial charge is 0.457 e.